The molecule has 1 amide bonds. The van der Waals surface area contributed by atoms with Gasteiger partial charge in [-0.05, 0) is 57.1 Å². The Hall–Kier alpha value is -2.01. The number of fused-ring (bicyclic) bond motifs is 1. The fraction of sp³-hybridized carbons (Fsp3) is 0.438. The van der Waals surface area contributed by atoms with Gasteiger partial charge in [0.1, 0.15) is 0 Å². The maximum atomic E-state index is 12.4. The molecule has 0 bridgehead atoms. The average Bonchev–Trinajstić information content (AvgIpc) is 2.89. The van der Waals surface area contributed by atoms with Gasteiger partial charge in [0.15, 0.2) is 0 Å². The lowest BCUT2D eigenvalue weighted by molar-refractivity contribution is 0.0940. The summed E-state index contributed by atoms with van der Waals surface area (Å²) in [6.45, 7) is 2.98. The summed E-state index contributed by atoms with van der Waals surface area (Å²) in [5.41, 5.74) is 8.09. The molecule has 0 saturated carbocycles. The van der Waals surface area contributed by atoms with Crippen LogP contribution in [-0.2, 0) is 0 Å². The molecule has 0 atom stereocenters. The number of carbonyl (C=O) groups is 1. The molecule has 1 saturated heterocycles. The topological polar surface area (TPSA) is 74.2 Å². The highest BCUT2D eigenvalue weighted by Gasteiger charge is 2.18. The fourth-order valence-corrected chi connectivity index (χ4v) is 2.92. The zero-order valence-corrected chi connectivity index (χ0v) is 12.4. The van der Waals surface area contributed by atoms with Gasteiger partial charge in [-0.2, -0.15) is 0 Å². The molecule has 0 unspecified atom stereocenters. The second-order valence-corrected chi connectivity index (χ2v) is 5.96. The van der Waals surface area contributed by atoms with Crippen molar-refractivity contribution in [3.8, 4) is 0 Å². The van der Waals surface area contributed by atoms with Crippen LogP contribution in [0.4, 0.5) is 5.69 Å². The van der Waals surface area contributed by atoms with Crippen molar-refractivity contribution in [2.75, 3.05) is 32.4 Å². The molecule has 1 fully saturated rings. The van der Waals surface area contributed by atoms with E-state index in [2.05, 4.69) is 22.2 Å². The first kappa shape index (κ1) is 13.9. The maximum Gasteiger partial charge on any atom is 0.253 e. The Kier molecular flexibility index (Phi) is 3.84. The van der Waals surface area contributed by atoms with Crippen LogP contribution in [-0.4, -0.2) is 42.5 Å². The van der Waals surface area contributed by atoms with Crippen molar-refractivity contribution in [3.05, 3.63) is 30.0 Å². The van der Waals surface area contributed by atoms with Gasteiger partial charge in [-0.15, -0.1) is 0 Å². The summed E-state index contributed by atoms with van der Waals surface area (Å²) >= 11 is 0. The van der Waals surface area contributed by atoms with Gasteiger partial charge in [-0.3, -0.25) is 4.79 Å². The first-order valence-corrected chi connectivity index (χ1v) is 7.47. The number of rotatable bonds is 3. The predicted molar refractivity (Wildman–Crippen MR) is 85.3 cm³/mol. The Morgan fingerprint density at radius 2 is 2.19 bits per heavy atom. The van der Waals surface area contributed by atoms with Crippen LogP contribution >= 0.6 is 0 Å². The Labute approximate surface area is 124 Å². The largest absolute Gasteiger partial charge is 0.399 e. The van der Waals surface area contributed by atoms with Gasteiger partial charge in [0.05, 0.1) is 5.56 Å². The monoisotopic (exact) mass is 286 g/mol. The zero-order chi connectivity index (χ0) is 14.8. The summed E-state index contributed by atoms with van der Waals surface area (Å²) in [6.07, 6.45) is 4.06. The van der Waals surface area contributed by atoms with Crippen LogP contribution in [0.1, 0.15) is 23.2 Å². The molecule has 1 aliphatic rings. The molecule has 112 valence electrons. The second-order valence-electron chi connectivity index (χ2n) is 5.96. The van der Waals surface area contributed by atoms with Crippen LogP contribution < -0.4 is 11.1 Å². The van der Waals surface area contributed by atoms with Gasteiger partial charge in [-0.1, -0.05) is 0 Å². The van der Waals surface area contributed by atoms with Crippen molar-refractivity contribution in [1.82, 2.24) is 15.2 Å². The van der Waals surface area contributed by atoms with Crippen LogP contribution in [0.5, 0.6) is 0 Å². The normalized spacial score (nSPS) is 17.2. The summed E-state index contributed by atoms with van der Waals surface area (Å²) in [5.74, 6) is 0.561. The van der Waals surface area contributed by atoms with Gasteiger partial charge in [0, 0.05) is 29.3 Å². The van der Waals surface area contributed by atoms with Gasteiger partial charge >= 0.3 is 0 Å². The minimum atomic E-state index is -0.0224. The van der Waals surface area contributed by atoms with E-state index in [1.54, 1.807) is 6.20 Å². The van der Waals surface area contributed by atoms with E-state index < -0.39 is 0 Å². The highest BCUT2D eigenvalue weighted by atomic mass is 16.1. The molecule has 2 heterocycles. The summed E-state index contributed by atoms with van der Waals surface area (Å²) in [4.78, 5) is 17.8. The zero-order valence-electron chi connectivity index (χ0n) is 12.4. The van der Waals surface area contributed by atoms with Crippen LogP contribution in [0.3, 0.4) is 0 Å². The highest BCUT2D eigenvalue weighted by Crippen LogP contribution is 2.21. The first-order chi connectivity index (χ1) is 10.1. The standard InChI is InChI=1S/C16H22N4O/c1-20-6-4-11(5-7-20)9-19-16(21)14-10-18-15-3-2-12(17)8-13(14)15/h2-3,8,10-11,18H,4-7,9,17H2,1H3,(H,19,21). The smallest absolute Gasteiger partial charge is 0.253 e. The van der Waals surface area contributed by atoms with Gasteiger partial charge in [-0.25, -0.2) is 0 Å². The molecule has 2 aromatic rings. The molecule has 0 radical (unpaired) electrons. The third-order valence-corrected chi connectivity index (χ3v) is 4.34. The lowest BCUT2D eigenvalue weighted by Crippen LogP contribution is -2.36. The molecular formula is C16H22N4O. The number of nitrogen functional groups attached to an aromatic ring is 1. The van der Waals surface area contributed by atoms with Crippen molar-refractivity contribution < 1.29 is 4.79 Å². The van der Waals surface area contributed by atoms with E-state index in [9.17, 15) is 4.79 Å². The van der Waals surface area contributed by atoms with Crippen molar-refractivity contribution >= 4 is 22.5 Å². The number of H-pyrrole nitrogens is 1. The molecular weight excluding hydrogens is 264 g/mol. The number of hydrogen-bond donors (Lipinski definition) is 3. The number of aromatic amines is 1. The van der Waals surface area contributed by atoms with Crippen molar-refractivity contribution in [2.45, 2.75) is 12.8 Å². The van der Waals surface area contributed by atoms with E-state index in [1.165, 1.54) is 0 Å². The molecule has 0 spiro atoms. The van der Waals surface area contributed by atoms with Crippen molar-refractivity contribution in [3.63, 3.8) is 0 Å². The summed E-state index contributed by atoms with van der Waals surface area (Å²) in [5, 5.41) is 3.95. The molecule has 0 aliphatic carbocycles. The van der Waals surface area contributed by atoms with Gasteiger partial charge in [0.2, 0.25) is 0 Å². The van der Waals surface area contributed by atoms with E-state index in [1.807, 2.05) is 18.2 Å². The fourth-order valence-electron chi connectivity index (χ4n) is 2.92. The first-order valence-electron chi connectivity index (χ1n) is 7.47. The molecule has 21 heavy (non-hydrogen) atoms. The van der Waals surface area contributed by atoms with E-state index in [4.69, 9.17) is 5.73 Å². The highest BCUT2D eigenvalue weighted by molar-refractivity contribution is 6.07. The Morgan fingerprint density at radius 3 is 2.95 bits per heavy atom. The maximum absolute atomic E-state index is 12.4. The quantitative estimate of drug-likeness (QED) is 0.754. The van der Waals surface area contributed by atoms with E-state index in [0.717, 1.165) is 43.4 Å². The number of benzene rings is 1. The minimum Gasteiger partial charge on any atom is -0.399 e. The number of piperidine rings is 1. The van der Waals surface area contributed by atoms with E-state index in [0.29, 0.717) is 17.2 Å². The molecule has 3 rings (SSSR count). The molecule has 1 aliphatic heterocycles. The Morgan fingerprint density at radius 1 is 1.43 bits per heavy atom. The number of anilines is 1. The molecule has 1 aromatic carbocycles. The summed E-state index contributed by atoms with van der Waals surface area (Å²) < 4.78 is 0. The van der Waals surface area contributed by atoms with Crippen LogP contribution in [0.25, 0.3) is 10.9 Å². The molecule has 5 heteroatoms. The third-order valence-electron chi connectivity index (χ3n) is 4.34. The number of hydrogen-bond acceptors (Lipinski definition) is 3. The van der Waals surface area contributed by atoms with Crippen LogP contribution in [0.15, 0.2) is 24.4 Å². The van der Waals surface area contributed by atoms with E-state index in [-0.39, 0.29) is 5.91 Å². The number of amides is 1. The summed E-state index contributed by atoms with van der Waals surface area (Å²) in [7, 11) is 2.14. The van der Waals surface area contributed by atoms with Crippen molar-refractivity contribution in [2.24, 2.45) is 5.92 Å². The summed E-state index contributed by atoms with van der Waals surface area (Å²) in [6, 6.07) is 5.58. The predicted octanol–water partition coefficient (Wildman–Crippen LogP) is 1.82. The van der Waals surface area contributed by atoms with Gasteiger partial charge < -0.3 is 20.9 Å². The molecule has 1 aromatic heterocycles. The third kappa shape index (κ3) is 3.03. The second kappa shape index (κ2) is 5.77. The number of aromatic nitrogens is 1. The van der Waals surface area contributed by atoms with Crippen LogP contribution in [0, 0.1) is 5.92 Å². The lowest BCUT2D eigenvalue weighted by atomic mass is 9.97. The lowest BCUT2D eigenvalue weighted by Gasteiger charge is -2.28. The molecule has 5 nitrogen and oxygen atoms in total. The Balaban J connectivity index is 1.65. The Bertz CT molecular complexity index is 641. The number of nitrogens with zero attached hydrogens (tertiary/aromatic N) is 1. The number of likely N-dealkylation sites (tertiary alicyclic amines) is 1. The number of nitrogens with one attached hydrogen (secondary N) is 2. The van der Waals surface area contributed by atoms with Crippen LogP contribution in [0.2, 0.25) is 0 Å². The van der Waals surface area contributed by atoms with Crippen molar-refractivity contribution in [1.29, 1.82) is 0 Å². The van der Waals surface area contributed by atoms with E-state index >= 15 is 0 Å². The molecule has 4 N–H and O–H groups in total. The number of carbonyl (C=O) groups excluding carboxylic acids is 1. The number of nitrogens with two attached hydrogens (primary N) is 1. The van der Waals surface area contributed by atoms with Gasteiger partial charge in [0.25, 0.3) is 5.91 Å². The SMILES string of the molecule is CN1CCC(CNC(=O)c2c[nH]c3ccc(N)cc23)CC1. The average molecular weight is 286 g/mol. The minimum absolute atomic E-state index is 0.0224.